The molecule has 0 aliphatic carbocycles. The van der Waals surface area contributed by atoms with E-state index in [9.17, 15) is 10.1 Å². The highest BCUT2D eigenvalue weighted by Gasteiger charge is 2.13. The van der Waals surface area contributed by atoms with Gasteiger partial charge in [0.05, 0.1) is 12.3 Å². The van der Waals surface area contributed by atoms with Crippen LogP contribution >= 0.6 is 0 Å². The molecule has 0 aromatic carbocycles. The van der Waals surface area contributed by atoms with Crippen molar-refractivity contribution in [2.75, 3.05) is 5.73 Å². The van der Waals surface area contributed by atoms with Gasteiger partial charge in [0.15, 0.2) is 5.82 Å². The molecule has 2 N–H and O–H groups in total. The van der Waals surface area contributed by atoms with Gasteiger partial charge in [-0.25, -0.2) is 0 Å². The van der Waals surface area contributed by atoms with Crippen molar-refractivity contribution in [2.24, 2.45) is 0 Å². The van der Waals surface area contributed by atoms with Crippen LogP contribution in [-0.2, 0) is 0 Å². The van der Waals surface area contributed by atoms with Crippen LogP contribution in [0.25, 0.3) is 5.88 Å². The summed E-state index contributed by atoms with van der Waals surface area (Å²) in [5.74, 6) is 0.0547. The fourth-order valence-corrected chi connectivity index (χ4v) is 0.923. The van der Waals surface area contributed by atoms with Crippen molar-refractivity contribution >= 4 is 11.7 Å². The van der Waals surface area contributed by atoms with Crippen LogP contribution in [0.15, 0.2) is 22.7 Å². The minimum absolute atomic E-state index is 0.195. The highest BCUT2D eigenvalue weighted by Crippen LogP contribution is 2.18. The van der Waals surface area contributed by atoms with Crippen LogP contribution in [0.3, 0.4) is 0 Å². The Hall–Kier alpha value is -2.38. The summed E-state index contributed by atoms with van der Waals surface area (Å²) in [6, 6.07) is 2.64. The van der Waals surface area contributed by atoms with E-state index in [1.165, 1.54) is 23.0 Å². The summed E-state index contributed by atoms with van der Waals surface area (Å²) in [5, 5.41) is 17.4. The van der Waals surface area contributed by atoms with Gasteiger partial charge in [-0.2, -0.15) is 4.68 Å². The first kappa shape index (κ1) is 8.23. The Bertz CT molecular complexity index is 473. The van der Waals surface area contributed by atoms with E-state index in [0.29, 0.717) is 0 Å². The van der Waals surface area contributed by atoms with Crippen LogP contribution in [-0.4, -0.2) is 19.9 Å². The monoisotopic (exact) mass is 195 g/mol. The molecule has 0 aliphatic heterocycles. The molecule has 0 spiro atoms. The highest BCUT2D eigenvalue weighted by atomic mass is 16.6. The van der Waals surface area contributed by atoms with Crippen molar-refractivity contribution < 1.29 is 9.34 Å². The van der Waals surface area contributed by atoms with Crippen molar-refractivity contribution in [3.63, 3.8) is 0 Å². The minimum atomic E-state index is -0.635. The van der Waals surface area contributed by atoms with E-state index in [0.717, 1.165) is 0 Å². The van der Waals surface area contributed by atoms with E-state index in [2.05, 4.69) is 10.3 Å². The molecule has 8 heteroatoms. The largest absolute Gasteiger partial charge is 0.434 e. The Labute approximate surface area is 77.1 Å². The number of nitrogens with zero attached hydrogens (tertiary/aromatic N) is 4. The number of nitrogen functional groups attached to an aromatic ring is 1. The summed E-state index contributed by atoms with van der Waals surface area (Å²) in [7, 11) is 0. The number of furan rings is 1. The molecule has 0 bridgehead atoms. The molecule has 14 heavy (non-hydrogen) atoms. The first-order valence-electron chi connectivity index (χ1n) is 3.59. The standard InChI is InChI=1S/C6H5N5O3/c7-4-3-10(9-8-4)5-1-2-6(14-5)11(12)13/h1-3H,7H2. The van der Waals surface area contributed by atoms with E-state index >= 15 is 0 Å². The van der Waals surface area contributed by atoms with Crippen molar-refractivity contribution in [3.8, 4) is 5.88 Å². The third-order valence-corrected chi connectivity index (χ3v) is 1.49. The highest BCUT2D eigenvalue weighted by molar-refractivity contribution is 5.30. The average molecular weight is 195 g/mol. The summed E-state index contributed by atoms with van der Waals surface area (Å²) in [5.41, 5.74) is 5.31. The molecule has 0 saturated heterocycles. The van der Waals surface area contributed by atoms with Gasteiger partial charge in [-0.15, -0.1) is 5.10 Å². The number of nitrogens with two attached hydrogens (primary N) is 1. The molecule has 0 atom stereocenters. The number of anilines is 1. The second-order valence-electron chi connectivity index (χ2n) is 2.46. The lowest BCUT2D eigenvalue weighted by molar-refractivity contribution is -0.402. The van der Waals surface area contributed by atoms with Crippen LogP contribution in [0, 0.1) is 10.1 Å². The van der Waals surface area contributed by atoms with Gasteiger partial charge in [0.2, 0.25) is 5.88 Å². The molecule has 2 heterocycles. The van der Waals surface area contributed by atoms with E-state index in [1.807, 2.05) is 0 Å². The fraction of sp³-hybridized carbons (Fsp3) is 0. The third kappa shape index (κ3) is 1.28. The summed E-state index contributed by atoms with van der Waals surface area (Å²) in [6.07, 6.45) is 1.39. The van der Waals surface area contributed by atoms with E-state index in [4.69, 9.17) is 10.2 Å². The number of nitro groups is 1. The quantitative estimate of drug-likeness (QED) is 0.546. The zero-order chi connectivity index (χ0) is 10.1. The summed E-state index contributed by atoms with van der Waals surface area (Å²) in [4.78, 5) is 9.66. The first-order valence-corrected chi connectivity index (χ1v) is 3.59. The van der Waals surface area contributed by atoms with Crippen LogP contribution < -0.4 is 5.73 Å². The van der Waals surface area contributed by atoms with Gasteiger partial charge in [0.1, 0.15) is 4.92 Å². The zero-order valence-corrected chi connectivity index (χ0v) is 6.82. The molecule has 2 rings (SSSR count). The fourth-order valence-electron chi connectivity index (χ4n) is 0.923. The second-order valence-corrected chi connectivity index (χ2v) is 2.46. The SMILES string of the molecule is Nc1cn(-c2ccc([N+](=O)[O-])o2)nn1. The molecular formula is C6H5N5O3. The number of aromatic nitrogens is 3. The van der Waals surface area contributed by atoms with Gasteiger partial charge in [0, 0.05) is 6.07 Å². The molecule has 0 saturated carbocycles. The third-order valence-electron chi connectivity index (χ3n) is 1.49. The lowest BCUT2D eigenvalue weighted by atomic mass is 10.6. The lowest BCUT2D eigenvalue weighted by Crippen LogP contribution is -1.92. The minimum Gasteiger partial charge on any atom is -0.382 e. The first-order chi connectivity index (χ1) is 6.66. The average Bonchev–Trinajstić information content (AvgIpc) is 2.70. The summed E-state index contributed by atoms with van der Waals surface area (Å²) >= 11 is 0. The maximum Gasteiger partial charge on any atom is 0.434 e. The number of hydrogen-bond donors (Lipinski definition) is 1. The van der Waals surface area contributed by atoms with Crippen LogP contribution in [0.2, 0.25) is 0 Å². The van der Waals surface area contributed by atoms with Gasteiger partial charge in [0.25, 0.3) is 0 Å². The Balaban J connectivity index is 2.38. The Kier molecular flexibility index (Phi) is 1.67. The van der Waals surface area contributed by atoms with Gasteiger partial charge in [-0.05, 0) is 0 Å². The van der Waals surface area contributed by atoms with E-state index < -0.39 is 4.92 Å². The van der Waals surface area contributed by atoms with Crippen LogP contribution in [0.4, 0.5) is 11.7 Å². The molecule has 0 amide bonds. The zero-order valence-electron chi connectivity index (χ0n) is 6.82. The van der Waals surface area contributed by atoms with Crippen molar-refractivity contribution in [1.82, 2.24) is 15.0 Å². The van der Waals surface area contributed by atoms with Gasteiger partial charge < -0.3 is 10.2 Å². The van der Waals surface area contributed by atoms with E-state index in [1.54, 1.807) is 0 Å². The molecule has 8 nitrogen and oxygen atoms in total. The van der Waals surface area contributed by atoms with Crippen LogP contribution in [0.5, 0.6) is 0 Å². The van der Waals surface area contributed by atoms with Crippen molar-refractivity contribution in [1.29, 1.82) is 0 Å². The predicted molar refractivity (Wildman–Crippen MR) is 44.7 cm³/mol. The molecule has 0 radical (unpaired) electrons. The maximum absolute atomic E-state index is 10.3. The molecule has 0 fully saturated rings. The number of hydrogen-bond acceptors (Lipinski definition) is 6. The smallest absolute Gasteiger partial charge is 0.382 e. The molecule has 2 aromatic heterocycles. The predicted octanol–water partition coefficient (Wildman–Crippen LogP) is 0.351. The van der Waals surface area contributed by atoms with Gasteiger partial charge in [-0.1, -0.05) is 5.21 Å². The molecule has 0 unspecified atom stereocenters. The lowest BCUT2D eigenvalue weighted by Gasteiger charge is -1.89. The molecular weight excluding hydrogens is 190 g/mol. The topological polar surface area (TPSA) is 113 Å². The second kappa shape index (κ2) is 2.83. The molecule has 72 valence electrons. The molecule has 2 aromatic rings. The van der Waals surface area contributed by atoms with Crippen LogP contribution in [0.1, 0.15) is 0 Å². The van der Waals surface area contributed by atoms with Gasteiger partial charge in [-0.3, -0.25) is 10.1 Å². The summed E-state index contributed by atoms with van der Waals surface area (Å²) in [6.45, 7) is 0. The van der Waals surface area contributed by atoms with Crippen molar-refractivity contribution in [3.05, 3.63) is 28.4 Å². The Morgan fingerprint density at radius 3 is 2.86 bits per heavy atom. The van der Waals surface area contributed by atoms with Crippen molar-refractivity contribution in [2.45, 2.75) is 0 Å². The number of rotatable bonds is 2. The molecule has 0 aliphatic rings. The Morgan fingerprint density at radius 2 is 2.36 bits per heavy atom. The normalized spacial score (nSPS) is 10.3. The summed E-state index contributed by atoms with van der Waals surface area (Å²) < 4.78 is 6.06. The van der Waals surface area contributed by atoms with E-state index in [-0.39, 0.29) is 17.6 Å². The maximum atomic E-state index is 10.3. The Morgan fingerprint density at radius 1 is 1.57 bits per heavy atom. The van der Waals surface area contributed by atoms with Gasteiger partial charge >= 0.3 is 5.88 Å².